The van der Waals surface area contributed by atoms with Gasteiger partial charge in [0.25, 0.3) is 0 Å². The molecule has 0 aromatic heterocycles. The Hall–Kier alpha value is -2.09. The van der Waals surface area contributed by atoms with Crippen molar-refractivity contribution in [2.24, 2.45) is 0 Å². The van der Waals surface area contributed by atoms with Crippen LogP contribution in [0.25, 0.3) is 0 Å². The number of rotatable bonds is 7. The Bertz CT molecular complexity index is 573. The second kappa shape index (κ2) is 8.68. The molecule has 0 N–H and O–H groups in total. The molecule has 0 fully saturated rings. The van der Waals surface area contributed by atoms with E-state index >= 15 is 0 Å². The summed E-state index contributed by atoms with van der Waals surface area (Å²) in [7, 11) is 0. The molecule has 0 heterocycles. The van der Waals surface area contributed by atoms with Gasteiger partial charge >= 0.3 is 0 Å². The zero-order valence-electron chi connectivity index (χ0n) is 15.3. The Labute approximate surface area is 146 Å². The first-order valence-corrected chi connectivity index (χ1v) is 9.02. The molecule has 0 aliphatic heterocycles. The Morgan fingerprint density at radius 3 is 1.50 bits per heavy atom. The third-order valence-corrected chi connectivity index (χ3v) is 4.90. The molecule has 2 atom stereocenters. The van der Waals surface area contributed by atoms with E-state index in [1.807, 2.05) is 36.4 Å². The second-order valence-corrected chi connectivity index (χ2v) is 6.51. The average Bonchev–Trinajstić information content (AvgIpc) is 2.63. The predicted octanol–water partition coefficient (Wildman–Crippen LogP) is 5.24. The summed E-state index contributed by atoms with van der Waals surface area (Å²) in [6.45, 7) is 8.59. The summed E-state index contributed by atoms with van der Waals surface area (Å²) in [4.78, 5) is 15.7. The van der Waals surface area contributed by atoms with Crippen LogP contribution in [0.4, 0.5) is 0 Å². The van der Waals surface area contributed by atoms with Crippen LogP contribution in [-0.2, 0) is 4.79 Å². The van der Waals surface area contributed by atoms with Gasteiger partial charge in [-0.05, 0) is 37.8 Å². The fraction of sp³-hybridized carbons (Fsp3) is 0.409. The summed E-state index contributed by atoms with van der Waals surface area (Å²) >= 11 is 0. The molecule has 2 nitrogen and oxygen atoms in total. The van der Waals surface area contributed by atoms with Crippen LogP contribution in [0.1, 0.15) is 57.6 Å². The largest absolute Gasteiger partial charge is 0.336 e. The van der Waals surface area contributed by atoms with Gasteiger partial charge in [0.2, 0.25) is 5.91 Å². The first kappa shape index (κ1) is 18.3. The molecule has 0 aliphatic rings. The Kier molecular flexibility index (Phi) is 6.60. The molecule has 1 amide bonds. The summed E-state index contributed by atoms with van der Waals surface area (Å²) in [5, 5.41) is 0. The zero-order valence-corrected chi connectivity index (χ0v) is 15.3. The normalized spacial score (nSPS) is 13.5. The van der Waals surface area contributed by atoms with Crippen LogP contribution in [0.2, 0.25) is 0 Å². The fourth-order valence-corrected chi connectivity index (χ4v) is 3.18. The standard InChI is InChI=1S/C22H29NO/c1-5-17(3)23(18(4)6-2)22(24)21(19-13-9-7-10-14-19)20-15-11-8-12-16-20/h7-18,21H,5-6H2,1-4H3/t17-,18-/m1/s1. The third-order valence-electron chi connectivity index (χ3n) is 4.90. The maximum atomic E-state index is 13.6. The maximum absolute atomic E-state index is 13.6. The van der Waals surface area contributed by atoms with Crippen molar-refractivity contribution in [3.05, 3.63) is 71.8 Å². The van der Waals surface area contributed by atoms with Crippen molar-refractivity contribution in [3.8, 4) is 0 Å². The Balaban J connectivity index is 2.48. The number of amides is 1. The lowest BCUT2D eigenvalue weighted by Gasteiger charge is -2.37. The average molecular weight is 323 g/mol. The van der Waals surface area contributed by atoms with E-state index in [9.17, 15) is 4.79 Å². The molecule has 0 aliphatic carbocycles. The van der Waals surface area contributed by atoms with Gasteiger partial charge in [-0.3, -0.25) is 4.79 Å². The van der Waals surface area contributed by atoms with E-state index in [1.165, 1.54) is 0 Å². The predicted molar refractivity (Wildman–Crippen MR) is 101 cm³/mol. The molecule has 0 radical (unpaired) electrons. The van der Waals surface area contributed by atoms with E-state index in [4.69, 9.17) is 0 Å². The van der Waals surface area contributed by atoms with E-state index in [2.05, 4.69) is 56.9 Å². The molecule has 2 aromatic rings. The van der Waals surface area contributed by atoms with Gasteiger partial charge in [0.05, 0.1) is 5.92 Å². The van der Waals surface area contributed by atoms with Crippen LogP contribution < -0.4 is 0 Å². The van der Waals surface area contributed by atoms with Gasteiger partial charge in [-0.1, -0.05) is 74.5 Å². The highest BCUT2D eigenvalue weighted by atomic mass is 16.2. The van der Waals surface area contributed by atoms with Crippen molar-refractivity contribution in [3.63, 3.8) is 0 Å². The number of benzene rings is 2. The van der Waals surface area contributed by atoms with E-state index < -0.39 is 0 Å². The minimum atomic E-state index is -0.240. The van der Waals surface area contributed by atoms with Gasteiger partial charge in [0.1, 0.15) is 0 Å². The lowest BCUT2D eigenvalue weighted by atomic mass is 9.89. The zero-order chi connectivity index (χ0) is 17.5. The summed E-state index contributed by atoms with van der Waals surface area (Å²) in [5.41, 5.74) is 2.12. The van der Waals surface area contributed by atoms with Gasteiger partial charge in [-0.25, -0.2) is 0 Å². The summed E-state index contributed by atoms with van der Waals surface area (Å²) in [6.07, 6.45) is 1.93. The first-order chi connectivity index (χ1) is 11.6. The monoisotopic (exact) mass is 323 g/mol. The minimum absolute atomic E-state index is 0.205. The van der Waals surface area contributed by atoms with Crippen molar-refractivity contribution in [2.75, 3.05) is 0 Å². The fourth-order valence-electron chi connectivity index (χ4n) is 3.18. The minimum Gasteiger partial charge on any atom is -0.336 e. The van der Waals surface area contributed by atoms with Gasteiger partial charge in [0, 0.05) is 12.1 Å². The molecule has 0 saturated carbocycles. The van der Waals surface area contributed by atoms with Crippen molar-refractivity contribution >= 4 is 5.91 Å². The Morgan fingerprint density at radius 2 is 1.17 bits per heavy atom. The SMILES string of the molecule is CC[C@@H](C)N(C(=O)C(c1ccccc1)c1ccccc1)[C@H](C)CC. The lowest BCUT2D eigenvalue weighted by Crippen LogP contribution is -2.46. The van der Waals surface area contributed by atoms with Crippen molar-refractivity contribution in [2.45, 2.75) is 58.5 Å². The van der Waals surface area contributed by atoms with Crippen LogP contribution >= 0.6 is 0 Å². The van der Waals surface area contributed by atoms with Gasteiger partial charge in [-0.2, -0.15) is 0 Å². The highest BCUT2D eigenvalue weighted by molar-refractivity contribution is 5.87. The van der Waals surface area contributed by atoms with Gasteiger partial charge < -0.3 is 4.90 Å². The lowest BCUT2D eigenvalue weighted by molar-refractivity contribution is -0.136. The third kappa shape index (κ3) is 4.05. The van der Waals surface area contributed by atoms with E-state index in [1.54, 1.807) is 0 Å². The molecule has 24 heavy (non-hydrogen) atoms. The molecule has 0 unspecified atom stereocenters. The molecular weight excluding hydrogens is 294 g/mol. The Morgan fingerprint density at radius 1 is 0.792 bits per heavy atom. The van der Waals surface area contributed by atoms with Crippen LogP contribution in [-0.4, -0.2) is 22.9 Å². The highest BCUT2D eigenvalue weighted by Crippen LogP contribution is 2.29. The molecule has 2 heteroatoms. The van der Waals surface area contributed by atoms with Crippen LogP contribution in [0.5, 0.6) is 0 Å². The summed E-state index contributed by atoms with van der Waals surface area (Å²) < 4.78 is 0. The van der Waals surface area contributed by atoms with E-state index in [0.29, 0.717) is 0 Å². The molecule has 128 valence electrons. The number of carbonyl (C=O) groups excluding carboxylic acids is 1. The van der Waals surface area contributed by atoms with E-state index in [0.717, 1.165) is 24.0 Å². The van der Waals surface area contributed by atoms with Gasteiger partial charge in [-0.15, -0.1) is 0 Å². The van der Waals surface area contributed by atoms with Crippen LogP contribution in [0.15, 0.2) is 60.7 Å². The maximum Gasteiger partial charge on any atom is 0.235 e. The quantitative estimate of drug-likeness (QED) is 0.682. The molecule has 0 saturated heterocycles. The van der Waals surface area contributed by atoms with Crippen LogP contribution in [0, 0.1) is 0 Å². The van der Waals surface area contributed by atoms with Crippen molar-refractivity contribution < 1.29 is 4.79 Å². The molecule has 2 aromatic carbocycles. The summed E-state index contributed by atoms with van der Waals surface area (Å²) in [5.74, 6) is -0.0356. The second-order valence-electron chi connectivity index (χ2n) is 6.51. The topological polar surface area (TPSA) is 20.3 Å². The molecule has 0 bridgehead atoms. The first-order valence-electron chi connectivity index (χ1n) is 9.02. The number of carbonyl (C=O) groups is 1. The smallest absolute Gasteiger partial charge is 0.235 e. The molecular formula is C22H29NO. The number of hydrogen-bond acceptors (Lipinski definition) is 1. The van der Waals surface area contributed by atoms with Crippen molar-refractivity contribution in [1.29, 1.82) is 0 Å². The number of nitrogens with zero attached hydrogens (tertiary/aromatic N) is 1. The molecule has 2 rings (SSSR count). The highest BCUT2D eigenvalue weighted by Gasteiger charge is 2.31. The van der Waals surface area contributed by atoms with E-state index in [-0.39, 0.29) is 23.9 Å². The molecule has 0 spiro atoms. The van der Waals surface area contributed by atoms with Crippen LogP contribution in [0.3, 0.4) is 0 Å². The van der Waals surface area contributed by atoms with Gasteiger partial charge in [0.15, 0.2) is 0 Å². The van der Waals surface area contributed by atoms with Crippen molar-refractivity contribution in [1.82, 2.24) is 4.90 Å². The number of hydrogen-bond donors (Lipinski definition) is 0. The summed E-state index contributed by atoms with van der Waals surface area (Å²) in [6, 6.07) is 20.7.